The van der Waals surface area contributed by atoms with Crippen molar-refractivity contribution in [2.45, 2.75) is 63.7 Å². The van der Waals surface area contributed by atoms with Gasteiger partial charge in [0.1, 0.15) is 11.2 Å². The van der Waals surface area contributed by atoms with Crippen LogP contribution in [0.2, 0.25) is 0 Å². The Kier molecular flexibility index (Phi) is 5.05. The summed E-state index contributed by atoms with van der Waals surface area (Å²) >= 11 is 0. The number of carbonyl (C=O) groups is 2. The summed E-state index contributed by atoms with van der Waals surface area (Å²) in [6.07, 6.45) is 5.36. The van der Waals surface area contributed by atoms with Crippen LogP contribution in [0.4, 0.5) is 0 Å². The molecule has 1 aromatic heterocycles. The summed E-state index contributed by atoms with van der Waals surface area (Å²) in [5, 5.41) is 4.17. The van der Waals surface area contributed by atoms with Gasteiger partial charge in [0, 0.05) is 23.5 Å². The van der Waals surface area contributed by atoms with Crippen LogP contribution in [0.5, 0.6) is 0 Å². The summed E-state index contributed by atoms with van der Waals surface area (Å²) < 4.78 is 2.04. The number of amides is 2. The van der Waals surface area contributed by atoms with E-state index in [1.54, 1.807) is 0 Å². The van der Waals surface area contributed by atoms with E-state index in [4.69, 9.17) is 0 Å². The molecule has 2 aromatic carbocycles. The zero-order chi connectivity index (χ0) is 21.4. The molecule has 5 nitrogen and oxygen atoms in total. The van der Waals surface area contributed by atoms with E-state index in [0.29, 0.717) is 18.8 Å². The molecule has 1 aliphatic heterocycles. The zero-order valence-electron chi connectivity index (χ0n) is 18.0. The molecule has 1 saturated carbocycles. The van der Waals surface area contributed by atoms with Gasteiger partial charge in [-0.2, -0.15) is 0 Å². The number of carbonyl (C=O) groups excluding carboxylic acids is 2. The van der Waals surface area contributed by atoms with Gasteiger partial charge >= 0.3 is 0 Å². The lowest BCUT2D eigenvalue weighted by atomic mass is 9.86. The molecule has 0 saturated heterocycles. The highest BCUT2D eigenvalue weighted by Gasteiger charge is 2.50. The van der Waals surface area contributed by atoms with Crippen LogP contribution in [0, 0.1) is 0 Å². The van der Waals surface area contributed by atoms with Gasteiger partial charge in [0.15, 0.2) is 0 Å². The molecule has 5 rings (SSSR count). The smallest absolute Gasteiger partial charge is 0.271 e. The van der Waals surface area contributed by atoms with Gasteiger partial charge in [-0.3, -0.25) is 9.59 Å². The molecule has 1 N–H and O–H groups in total. The van der Waals surface area contributed by atoms with E-state index in [0.717, 1.165) is 42.1 Å². The Labute approximate surface area is 183 Å². The van der Waals surface area contributed by atoms with Crippen molar-refractivity contribution in [2.24, 2.45) is 0 Å². The van der Waals surface area contributed by atoms with Gasteiger partial charge in [0.2, 0.25) is 5.91 Å². The van der Waals surface area contributed by atoms with Crippen molar-refractivity contribution < 1.29 is 9.59 Å². The molecule has 160 valence electrons. The van der Waals surface area contributed by atoms with Crippen molar-refractivity contribution in [3.8, 4) is 0 Å². The van der Waals surface area contributed by atoms with Gasteiger partial charge in [-0.05, 0) is 37.5 Å². The molecule has 0 spiro atoms. The number of fused-ring (bicyclic) bond motifs is 3. The van der Waals surface area contributed by atoms with Gasteiger partial charge in [0.25, 0.3) is 5.91 Å². The summed E-state index contributed by atoms with van der Waals surface area (Å²) in [6.45, 7) is 2.87. The minimum Gasteiger partial charge on any atom is -0.350 e. The lowest BCUT2D eigenvalue weighted by molar-refractivity contribution is -0.134. The predicted molar refractivity (Wildman–Crippen MR) is 122 cm³/mol. The van der Waals surface area contributed by atoms with E-state index < -0.39 is 5.54 Å². The summed E-state index contributed by atoms with van der Waals surface area (Å²) in [5.41, 5.74) is 1.83. The summed E-state index contributed by atoms with van der Waals surface area (Å²) in [5.74, 6) is -0.106. The molecule has 31 heavy (non-hydrogen) atoms. The van der Waals surface area contributed by atoms with Crippen LogP contribution in [0.15, 0.2) is 60.7 Å². The van der Waals surface area contributed by atoms with Gasteiger partial charge in [-0.25, -0.2) is 0 Å². The van der Waals surface area contributed by atoms with E-state index in [1.165, 1.54) is 6.42 Å². The molecule has 5 heteroatoms. The number of rotatable bonds is 4. The third-order valence-electron chi connectivity index (χ3n) is 6.97. The third-order valence-corrected chi connectivity index (χ3v) is 6.97. The average molecular weight is 416 g/mol. The Bertz CT molecular complexity index is 1110. The van der Waals surface area contributed by atoms with Gasteiger partial charge in [0.05, 0.1) is 6.54 Å². The number of aromatic nitrogens is 1. The Balaban J connectivity index is 1.53. The molecule has 0 radical (unpaired) electrons. The molecule has 2 heterocycles. The highest BCUT2D eigenvalue weighted by atomic mass is 16.2. The molecule has 1 atom stereocenters. The fourth-order valence-corrected chi connectivity index (χ4v) is 5.35. The SMILES string of the molecule is C[C@@]1(C(=O)NCc2ccccc2)Cn2c(cc3ccccc32)C(=O)N1C1CCCCC1. The van der Waals surface area contributed by atoms with Gasteiger partial charge < -0.3 is 14.8 Å². The topological polar surface area (TPSA) is 54.3 Å². The number of hydrogen-bond acceptors (Lipinski definition) is 2. The van der Waals surface area contributed by atoms with Crippen molar-refractivity contribution in [1.82, 2.24) is 14.8 Å². The second-order valence-electron chi connectivity index (χ2n) is 9.08. The zero-order valence-corrected chi connectivity index (χ0v) is 18.0. The van der Waals surface area contributed by atoms with Crippen molar-refractivity contribution in [2.75, 3.05) is 0 Å². The van der Waals surface area contributed by atoms with Crippen LogP contribution in [-0.4, -0.2) is 32.9 Å². The molecule has 0 unspecified atom stereocenters. The van der Waals surface area contributed by atoms with Crippen molar-refractivity contribution >= 4 is 22.7 Å². The highest BCUT2D eigenvalue weighted by Crippen LogP contribution is 2.37. The van der Waals surface area contributed by atoms with E-state index in [2.05, 4.69) is 5.32 Å². The fourth-order valence-electron chi connectivity index (χ4n) is 5.35. The standard InChI is InChI=1S/C26H29N3O2/c1-26(25(31)27-17-19-10-4-2-5-11-19)18-28-22-15-9-8-12-20(22)16-23(28)24(30)29(26)21-13-6-3-7-14-21/h2,4-5,8-12,15-16,21H,3,6-7,13-14,17-18H2,1H3,(H,27,31)/t26-/m0/s1. The van der Waals surface area contributed by atoms with Gasteiger partial charge in [-0.1, -0.05) is 67.8 Å². The Morgan fingerprint density at radius 3 is 2.52 bits per heavy atom. The van der Waals surface area contributed by atoms with E-state index in [-0.39, 0.29) is 17.9 Å². The fraction of sp³-hybridized carbons (Fsp3) is 0.385. The number of nitrogens with zero attached hydrogens (tertiary/aromatic N) is 2. The second-order valence-corrected chi connectivity index (χ2v) is 9.08. The first-order valence-corrected chi connectivity index (χ1v) is 11.3. The normalized spacial score (nSPS) is 21.8. The lowest BCUT2D eigenvalue weighted by Gasteiger charge is -2.49. The predicted octanol–water partition coefficient (Wildman–Crippen LogP) is 4.50. The van der Waals surface area contributed by atoms with E-state index >= 15 is 0 Å². The van der Waals surface area contributed by atoms with Crippen LogP contribution in [0.25, 0.3) is 10.9 Å². The number of para-hydroxylation sites is 1. The maximum absolute atomic E-state index is 13.8. The van der Waals surface area contributed by atoms with Gasteiger partial charge in [-0.15, -0.1) is 0 Å². The van der Waals surface area contributed by atoms with Crippen LogP contribution >= 0.6 is 0 Å². The van der Waals surface area contributed by atoms with Crippen LogP contribution in [-0.2, 0) is 17.9 Å². The summed E-state index contributed by atoms with van der Waals surface area (Å²) in [6, 6.07) is 20.1. The third kappa shape index (κ3) is 3.42. The number of hydrogen-bond donors (Lipinski definition) is 1. The first-order chi connectivity index (χ1) is 15.1. The first kappa shape index (κ1) is 19.9. The Hall–Kier alpha value is -3.08. The minimum absolute atomic E-state index is 0.0216. The molecule has 3 aromatic rings. The molecule has 2 aliphatic rings. The lowest BCUT2D eigenvalue weighted by Crippen LogP contribution is -2.66. The van der Waals surface area contributed by atoms with E-state index in [9.17, 15) is 9.59 Å². The first-order valence-electron chi connectivity index (χ1n) is 11.3. The quantitative estimate of drug-likeness (QED) is 0.682. The van der Waals surface area contributed by atoms with Crippen molar-refractivity contribution in [1.29, 1.82) is 0 Å². The molecular weight excluding hydrogens is 386 g/mol. The molecular formula is C26H29N3O2. The van der Waals surface area contributed by atoms with Crippen LogP contribution in [0.1, 0.15) is 55.1 Å². The van der Waals surface area contributed by atoms with Crippen LogP contribution < -0.4 is 5.32 Å². The summed E-state index contributed by atoms with van der Waals surface area (Å²) in [4.78, 5) is 29.4. The second kappa shape index (κ2) is 7.88. The molecule has 1 aliphatic carbocycles. The molecule has 1 fully saturated rings. The highest BCUT2D eigenvalue weighted by molar-refractivity contribution is 6.03. The maximum Gasteiger partial charge on any atom is 0.271 e. The van der Waals surface area contributed by atoms with Crippen molar-refractivity contribution in [3.63, 3.8) is 0 Å². The number of benzene rings is 2. The largest absolute Gasteiger partial charge is 0.350 e. The Morgan fingerprint density at radius 2 is 1.74 bits per heavy atom. The average Bonchev–Trinajstić information content (AvgIpc) is 3.17. The Morgan fingerprint density at radius 1 is 1.03 bits per heavy atom. The van der Waals surface area contributed by atoms with Crippen molar-refractivity contribution in [3.05, 3.63) is 71.9 Å². The van der Waals surface area contributed by atoms with Crippen LogP contribution in [0.3, 0.4) is 0 Å². The maximum atomic E-state index is 13.8. The minimum atomic E-state index is -0.928. The number of nitrogens with one attached hydrogen (secondary N) is 1. The molecule has 2 amide bonds. The monoisotopic (exact) mass is 415 g/mol. The van der Waals surface area contributed by atoms with E-state index in [1.807, 2.05) is 77.1 Å². The summed E-state index contributed by atoms with van der Waals surface area (Å²) in [7, 11) is 0. The molecule has 0 bridgehead atoms.